The number of hydrogen-bond donors (Lipinski definition) is 0. The first-order valence-corrected chi connectivity index (χ1v) is 7.26. The van der Waals surface area contributed by atoms with E-state index in [-0.39, 0.29) is 11.8 Å². The summed E-state index contributed by atoms with van der Waals surface area (Å²) in [6, 6.07) is 12.2. The van der Waals surface area contributed by atoms with Crippen LogP contribution in [0.15, 0.2) is 36.4 Å². The number of piperazine rings is 1. The highest BCUT2D eigenvalue weighted by Gasteiger charge is 2.21. The van der Waals surface area contributed by atoms with Crippen LogP contribution in [0.25, 0.3) is 10.9 Å². The van der Waals surface area contributed by atoms with Crippen molar-refractivity contribution in [2.24, 2.45) is 0 Å². The van der Waals surface area contributed by atoms with Gasteiger partial charge in [0.2, 0.25) is 5.91 Å². The molecule has 0 unspecified atom stereocenters. The zero-order valence-electron chi connectivity index (χ0n) is 11.1. The second-order valence-electron chi connectivity index (χ2n) is 4.86. The van der Waals surface area contributed by atoms with E-state index in [1.54, 1.807) is 0 Å². The molecule has 0 aliphatic carbocycles. The molecule has 0 atom stereocenters. The molecule has 104 valence electrons. The van der Waals surface area contributed by atoms with Gasteiger partial charge in [-0.1, -0.05) is 18.2 Å². The predicted octanol–water partition coefficient (Wildman–Crippen LogP) is 2.12. The predicted molar refractivity (Wildman–Crippen MR) is 81.3 cm³/mol. The number of benzene rings is 1. The number of anilines is 1. The first kappa shape index (κ1) is 13.2. The summed E-state index contributed by atoms with van der Waals surface area (Å²) in [6.45, 7) is 3.02. The summed E-state index contributed by atoms with van der Waals surface area (Å²) < 4.78 is 0. The average Bonchev–Trinajstić information content (AvgIpc) is 2.54. The lowest BCUT2D eigenvalue weighted by Crippen LogP contribution is -2.49. The van der Waals surface area contributed by atoms with Gasteiger partial charge in [0.15, 0.2) is 0 Å². The Morgan fingerprint density at radius 2 is 1.85 bits per heavy atom. The third-order valence-electron chi connectivity index (χ3n) is 3.65. The van der Waals surface area contributed by atoms with Gasteiger partial charge in [-0.05, 0) is 18.2 Å². The Morgan fingerprint density at radius 1 is 1.10 bits per heavy atom. The van der Waals surface area contributed by atoms with Crippen molar-refractivity contribution in [3.05, 3.63) is 36.4 Å². The van der Waals surface area contributed by atoms with E-state index >= 15 is 0 Å². The number of carbonyl (C=O) groups is 1. The lowest BCUT2D eigenvalue weighted by molar-refractivity contribution is -0.128. The maximum Gasteiger partial charge on any atom is 0.237 e. The minimum Gasteiger partial charge on any atom is -0.353 e. The van der Waals surface area contributed by atoms with Crippen molar-refractivity contribution in [2.45, 2.75) is 0 Å². The molecule has 1 fully saturated rings. The number of fused-ring (bicyclic) bond motifs is 1. The normalized spacial score (nSPS) is 15.7. The number of halogens is 1. The Morgan fingerprint density at radius 3 is 2.60 bits per heavy atom. The van der Waals surface area contributed by atoms with Gasteiger partial charge >= 0.3 is 0 Å². The zero-order chi connectivity index (χ0) is 13.9. The fourth-order valence-electron chi connectivity index (χ4n) is 2.50. The van der Waals surface area contributed by atoms with Gasteiger partial charge in [0.25, 0.3) is 0 Å². The Kier molecular flexibility index (Phi) is 3.74. The van der Waals surface area contributed by atoms with E-state index in [9.17, 15) is 4.79 Å². The second-order valence-corrected chi connectivity index (χ2v) is 5.13. The quantitative estimate of drug-likeness (QED) is 0.795. The summed E-state index contributed by atoms with van der Waals surface area (Å²) in [4.78, 5) is 20.3. The van der Waals surface area contributed by atoms with E-state index in [0.29, 0.717) is 13.1 Å². The molecule has 1 aromatic carbocycles. The minimum absolute atomic E-state index is 0.0118. The number of nitrogens with zero attached hydrogens (tertiary/aromatic N) is 3. The van der Waals surface area contributed by atoms with E-state index in [2.05, 4.69) is 22.0 Å². The molecule has 0 radical (unpaired) electrons. The molecule has 5 heteroatoms. The lowest BCUT2D eigenvalue weighted by atomic mass is 10.2. The van der Waals surface area contributed by atoms with Gasteiger partial charge in [-0.25, -0.2) is 4.98 Å². The molecule has 0 saturated carbocycles. The molecule has 1 aromatic heterocycles. The molecule has 2 aromatic rings. The van der Waals surface area contributed by atoms with Crippen molar-refractivity contribution in [1.29, 1.82) is 0 Å². The summed E-state index contributed by atoms with van der Waals surface area (Å²) in [5, 5.41) is 1.15. The number of carbonyl (C=O) groups excluding carboxylic acids is 1. The van der Waals surface area contributed by atoms with E-state index in [1.807, 2.05) is 29.2 Å². The van der Waals surface area contributed by atoms with Crippen LogP contribution in [0, 0.1) is 0 Å². The highest BCUT2D eigenvalue weighted by molar-refractivity contribution is 6.27. The Balaban J connectivity index is 1.75. The van der Waals surface area contributed by atoms with Gasteiger partial charge in [0, 0.05) is 31.6 Å². The summed E-state index contributed by atoms with van der Waals surface area (Å²) in [7, 11) is 0. The van der Waals surface area contributed by atoms with Crippen molar-refractivity contribution in [3.63, 3.8) is 0 Å². The molecule has 1 saturated heterocycles. The van der Waals surface area contributed by atoms with Gasteiger partial charge in [-0.3, -0.25) is 4.79 Å². The molecular weight excluding hydrogens is 274 g/mol. The monoisotopic (exact) mass is 289 g/mol. The van der Waals surface area contributed by atoms with E-state index < -0.39 is 0 Å². The Hall–Kier alpha value is -1.81. The highest BCUT2D eigenvalue weighted by Crippen LogP contribution is 2.19. The summed E-state index contributed by atoms with van der Waals surface area (Å²) in [6.07, 6.45) is 0. The summed E-state index contributed by atoms with van der Waals surface area (Å²) in [5.41, 5.74) is 1.00. The van der Waals surface area contributed by atoms with E-state index in [4.69, 9.17) is 11.6 Å². The van der Waals surface area contributed by atoms with Crippen molar-refractivity contribution >= 4 is 34.2 Å². The van der Waals surface area contributed by atoms with Gasteiger partial charge in [-0.15, -0.1) is 11.6 Å². The number of aromatic nitrogens is 1. The van der Waals surface area contributed by atoms with Crippen LogP contribution in [-0.2, 0) is 4.79 Å². The van der Waals surface area contributed by atoms with Crippen LogP contribution >= 0.6 is 11.6 Å². The molecule has 1 aliphatic heterocycles. The highest BCUT2D eigenvalue weighted by atomic mass is 35.5. The van der Waals surface area contributed by atoms with Crippen LogP contribution in [-0.4, -0.2) is 47.9 Å². The summed E-state index contributed by atoms with van der Waals surface area (Å²) in [5.74, 6) is 1.05. The number of alkyl halides is 1. The standard InChI is InChI=1S/C15H16ClN3O/c16-11-15(20)19-9-7-18(8-10-19)14-6-5-12-3-1-2-4-13(12)17-14/h1-6H,7-11H2. The molecular formula is C15H16ClN3O. The van der Waals surface area contributed by atoms with Crippen molar-refractivity contribution in [2.75, 3.05) is 37.0 Å². The molecule has 1 aliphatic rings. The van der Waals surface area contributed by atoms with Crippen LogP contribution in [0.3, 0.4) is 0 Å². The van der Waals surface area contributed by atoms with Crippen molar-refractivity contribution in [3.8, 4) is 0 Å². The Labute approximate surface area is 123 Å². The largest absolute Gasteiger partial charge is 0.353 e. The zero-order valence-corrected chi connectivity index (χ0v) is 11.9. The molecule has 0 N–H and O–H groups in total. The van der Waals surface area contributed by atoms with E-state index in [1.165, 1.54) is 0 Å². The molecule has 0 bridgehead atoms. The van der Waals surface area contributed by atoms with Gasteiger partial charge in [-0.2, -0.15) is 0 Å². The molecule has 2 heterocycles. The number of amides is 1. The van der Waals surface area contributed by atoms with Crippen LogP contribution < -0.4 is 4.90 Å². The SMILES string of the molecule is O=C(CCl)N1CCN(c2ccc3ccccc3n2)CC1. The van der Waals surface area contributed by atoms with Gasteiger partial charge < -0.3 is 9.80 Å². The molecule has 3 rings (SSSR count). The third-order valence-corrected chi connectivity index (χ3v) is 3.88. The first-order chi connectivity index (χ1) is 9.78. The molecule has 20 heavy (non-hydrogen) atoms. The average molecular weight is 290 g/mol. The summed E-state index contributed by atoms with van der Waals surface area (Å²) >= 11 is 5.59. The smallest absolute Gasteiger partial charge is 0.237 e. The maximum absolute atomic E-state index is 11.5. The van der Waals surface area contributed by atoms with Crippen LogP contribution in [0.1, 0.15) is 0 Å². The first-order valence-electron chi connectivity index (χ1n) is 6.72. The number of pyridine rings is 1. The fraction of sp³-hybridized carbons (Fsp3) is 0.333. The topological polar surface area (TPSA) is 36.4 Å². The minimum atomic E-state index is 0.0118. The van der Waals surface area contributed by atoms with Crippen LogP contribution in [0.5, 0.6) is 0 Å². The number of para-hydroxylation sites is 1. The third kappa shape index (κ3) is 2.56. The van der Waals surface area contributed by atoms with Crippen molar-refractivity contribution in [1.82, 2.24) is 9.88 Å². The van der Waals surface area contributed by atoms with Gasteiger partial charge in [0.05, 0.1) is 5.52 Å². The Bertz CT molecular complexity index is 623. The van der Waals surface area contributed by atoms with E-state index in [0.717, 1.165) is 29.8 Å². The van der Waals surface area contributed by atoms with Gasteiger partial charge in [0.1, 0.15) is 11.7 Å². The number of rotatable bonds is 2. The molecule has 4 nitrogen and oxygen atoms in total. The second kappa shape index (κ2) is 5.67. The lowest BCUT2D eigenvalue weighted by Gasteiger charge is -2.35. The maximum atomic E-state index is 11.5. The molecule has 0 spiro atoms. The fourth-order valence-corrected chi connectivity index (χ4v) is 2.67. The van der Waals surface area contributed by atoms with Crippen LogP contribution in [0.4, 0.5) is 5.82 Å². The van der Waals surface area contributed by atoms with Crippen molar-refractivity contribution < 1.29 is 4.79 Å². The van der Waals surface area contributed by atoms with Crippen LogP contribution in [0.2, 0.25) is 0 Å². The number of hydrogen-bond acceptors (Lipinski definition) is 3. The molecule has 1 amide bonds.